The van der Waals surface area contributed by atoms with Crippen LogP contribution in [0.1, 0.15) is 25.3 Å². The van der Waals surface area contributed by atoms with E-state index in [9.17, 15) is 0 Å². The first-order valence-corrected chi connectivity index (χ1v) is 6.77. The minimum absolute atomic E-state index is 0.775. The lowest BCUT2D eigenvalue weighted by molar-refractivity contribution is 0.321. The van der Waals surface area contributed by atoms with E-state index < -0.39 is 0 Å². The maximum absolute atomic E-state index is 5.84. The Labute approximate surface area is 114 Å². The molecular weight excluding hydrogens is 236 g/mol. The normalized spacial score (nSPS) is 11.1. The number of nitrogens with one attached hydrogen (secondary N) is 1. The standard InChI is InChI=1S/C15H22N4/c1-3-4-8-19(2)11-13-10-17-18-15(13)12-6-5-7-14(16)9-12/h5-7,9-10H,3-4,8,11,16H2,1-2H3,(H,17,18). The van der Waals surface area contributed by atoms with Gasteiger partial charge in [0.1, 0.15) is 0 Å². The van der Waals surface area contributed by atoms with Gasteiger partial charge in [-0.3, -0.25) is 5.10 Å². The van der Waals surface area contributed by atoms with E-state index in [1.165, 1.54) is 18.4 Å². The predicted molar refractivity (Wildman–Crippen MR) is 79.7 cm³/mol. The van der Waals surface area contributed by atoms with Crippen LogP contribution in [0.2, 0.25) is 0 Å². The summed E-state index contributed by atoms with van der Waals surface area (Å²) in [6.45, 7) is 4.22. The van der Waals surface area contributed by atoms with E-state index in [4.69, 9.17) is 5.73 Å². The third-order valence-electron chi connectivity index (χ3n) is 3.23. The highest BCUT2D eigenvalue weighted by Gasteiger charge is 2.10. The van der Waals surface area contributed by atoms with Crippen LogP contribution in [-0.4, -0.2) is 28.7 Å². The number of benzene rings is 1. The highest BCUT2D eigenvalue weighted by molar-refractivity contribution is 5.66. The largest absolute Gasteiger partial charge is 0.399 e. The molecule has 1 aromatic carbocycles. The molecule has 0 saturated carbocycles. The van der Waals surface area contributed by atoms with Crippen LogP contribution in [0, 0.1) is 0 Å². The fourth-order valence-corrected chi connectivity index (χ4v) is 2.17. The van der Waals surface area contributed by atoms with E-state index >= 15 is 0 Å². The SMILES string of the molecule is CCCCN(C)Cc1cn[nH]c1-c1cccc(N)c1. The zero-order chi connectivity index (χ0) is 13.7. The second-order valence-electron chi connectivity index (χ2n) is 4.99. The summed E-state index contributed by atoms with van der Waals surface area (Å²) >= 11 is 0. The molecule has 3 N–H and O–H groups in total. The smallest absolute Gasteiger partial charge is 0.0696 e. The van der Waals surface area contributed by atoms with Gasteiger partial charge in [0.15, 0.2) is 0 Å². The van der Waals surface area contributed by atoms with Gasteiger partial charge in [-0.25, -0.2) is 0 Å². The van der Waals surface area contributed by atoms with Gasteiger partial charge in [-0.2, -0.15) is 5.10 Å². The van der Waals surface area contributed by atoms with Crippen LogP contribution in [0.3, 0.4) is 0 Å². The molecular formula is C15H22N4. The van der Waals surface area contributed by atoms with Gasteiger partial charge in [-0.1, -0.05) is 25.5 Å². The first-order valence-electron chi connectivity index (χ1n) is 6.77. The highest BCUT2D eigenvalue weighted by atomic mass is 15.1. The van der Waals surface area contributed by atoms with Gasteiger partial charge in [-0.05, 0) is 32.1 Å². The molecule has 19 heavy (non-hydrogen) atoms. The van der Waals surface area contributed by atoms with Crippen LogP contribution >= 0.6 is 0 Å². The van der Waals surface area contributed by atoms with Crippen molar-refractivity contribution in [2.75, 3.05) is 19.3 Å². The van der Waals surface area contributed by atoms with Gasteiger partial charge in [0.05, 0.1) is 11.9 Å². The van der Waals surface area contributed by atoms with Crippen LogP contribution in [-0.2, 0) is 6.54 Å². The Morgan fingerprint density at radius 1 is 1.37 bits per heavy atom. The number of unbranched alkanes of at least 4 members (excludes halogenated alkanes) is 1. The third-order valence-corrected chi connectivity index (χ3v) is 3.23. The highest BCUT2D eigenvalue weighted by Crippen LogP contribution is 2.23. The van der Waals surface area contributed by atoms with Crippen molar-refractivity contribution in [1.82, 2.24) is 15.1 Å². The molecule has 0 atom stereocenters. The summed E-state index contributed by atoms with van der Waals surface area (Å²) in [7, 11) is 2.14. The number of rotatable bonds is 6. The topological polar surface area (TPSA) is 57.9 Å². The summed E-state index contributed by atoms with van der Waals surface area (Å²) in [4.78, 5) is 2.32. The van der Waals surface area contributed by atoms with Crippen molar-refractivity contribution < 1.29 is 0 Å². The number of nitrogen functional groups attached to an aromatic ring is 1. The van der Waals surface area contributed by atoms with Crippen molar-refractivity contribution in [3.8, 4) is 11.3 Å². The molecule has 4 nitrogen and oxygen atoms in total. The van der Waals surface area contributed by atoms with Crippen LogP contribution in [0.15, 0.2) is 30.5 Å². The maximum Gasteiger partial charge on any atom is 0.0696 e. The minimum atomic E-state index is 0.775. The molecule has 0 amide bonds. The molecule has 1 heterocycles. The molecule has 2 rings (SSSR count). The lowest BCUT2D eigenvalue weighted by Crippen LogP contribution is -2.19. The molecule has 0 aliphatic rings. The predicted octanol–water partition coefficient (Wildman–Crippen LogP) is 2.89. The van der Waals surface area contributed by atoms with Gasteiger partial charge in [0.2, 0.25) is 0 Å². The Bertz CT molecular complexity index is 518. The van der Waals surface area contributed by atoms with E-state index in [0.29, 0.717) is 0 Å². The molecule has 0 unspecified atom stereocenters. The van der Waals surface area contributed by atoms with Gasteiger partial charge in [-0.15, -0.1) is 0 Å². The number of hydrogen-bond donors (Lipinski definition) is 2. The Kier molecular flexibility index (Phi) is 4.58. The average molecular weight is 258 g/mol. The molecule has 0 aliphatic heterocycles. The van der Waals surface area contributed by atoms with Crippen LogP contribution in [0.5, 0.6) is 0 Å². The zero-order valence-electron chi connectivity index (χ0n) is 11.7. The fraction of sp³-hybridized carbons (Fsp3) is 0.400. The van der Waals surface area contributed by atoms with Crippen LogP contribution in [0.4, 0.5) is 5.69 Å². The molecule has 0 aliphatic carbocycles. The molecule has 0 radical (unpaired) electrons. The lowest BCUT2D eigenvalue weighted by Gasteiger charge is -2.16. The average Bonchev–Trinajstić information content (AvgIpc) is 2.84. The third kappa shape index (κ3) is 3.58. The molecule has 102 valence electrons. The van der Waals surface area contributed by atoms with E-state index in [1.54, 1.807) is 0 Å². The Balaban J connectivity index is 2.13. The number of H-pyrrole nitrogens is 1. The molecule has 0 spiro atoms. The number of aromatic amines is 1. The summed E-state index contributed by atoms with van der Waals surface area (Å²) in [5.74, 6) is 0. The molecule has 0 saturated heterocycles. The van der Waals surface area contributed by atoms with Crippen LogP contribution in [0.25, 0.3) is 11.3 Å². The number of nitrogens with zero attached hydrogens (tertiary/aromatic N) is 2. The van der Waals surface area contributed by atoms with Gasteiger partial charge in [0, 0.05) is 23.4 Å². The first-order chi connectivity index (χ1) is 9.20. The molecule has 0 fully saturated rings. The summed E-state index contributed by atoms with van der Waals surface area (Å²) in [5, 5.41) is 7.25. The van der Waals surface area contributed by atoms with E-state index in [1.807, 2.05) is 24.4 Å². The molecule has 4 heteroatoms. The van der Waals surface area contributed by atoms with Gasteiger partial charge in [0.25, 0.3) is 0 Å². The van der Waals surface area contributed by atoms with Crippen LogP contribution < -0.4 is 5.73 Å². The Hall–Kier alpha value is -1.81. The summed E-state index contributed by atoms with van der Waals surface area (Å²) in [5.41, 5.74) is 9.98. The van der Waals surface area contributed by atoms with Crippen molar-refractivity contribution in [3.63, 3.8) is 0 Å². The summed E-state index contributed by atoms with van der Waals surface area (Å²) in [6, 6.07) is 7.89. The van der Waals surface area contributed by atoms with E-state index in [-0.39, 0.29) is 0 Å². The number of nitrogens with two attached hydrogens (primary N) is 1. The lowest BCUT2D eigenvalue weighted by atomic mass is 10.1. The van der Waals surface area contributed by atoms with Crippen molar-refractivity contribution in [3.05, 3.63) is 36.0 Å². The molecule has 0 bridgehead atoms. The van der Waals surface area contributed by atoms with E-state index in [0.717, 1.165) is 30.0 Å². The summed E-state index contributed by atoms with van der Waals surface area (Å²) in [6.07, 6.45) is 4.35. The zero-order valence-corrected chi connectivity index (χ0v) is 11.7. The van der Waals surface area contributed by atoms with Crippen molar-refractivity contribution >= 4 is 5.69 Å². The van der Waals surface area contributed by atoms with Crippen molar-refractivity contribution in [2.24, 2.45) is 0 Å². The van der Waals surface area contributed by atoms with E-state index in [2.05, 4.69) is 35.1 Å². The number of aromatic nitrogens is 2. The fourth-order valence-electron chi connectivity index (χ4n) is 2.17. The first kappa shape index (κ1) is 13.6. The summed E-state index contributed by atoms with van der Waals surface area (Å²) < 4.78 is 0. The van der Waals surface area contributed by atoms with Gasteiger partial charge >= 0.3 is 0 Å². The second-order valence-corrected chi connectivity index (χ2v) is 4.99. The second kappa shape index (κ2) is 6.38. The Morgan fingerprint density at radius 2 is 2.21 bits per heavy atom. The molecule has 2 aromatic rings. The maximum atomic E-state index is 5.84. The van der Waals surface area contributed by atoms with Crippen molar-refractivity contribution in [1.29, 1.82) is 0 Å². The molecule has 1 aromatic heterocycles. The van der Waals surface area contributed by atoms with Crippen molar-refractivity contribution in [2.45, 2.75) is 26.3 Å². The number of anilines is 1. The monoisotopic (exact) mass is 258 g/mol. The van der Waals surface area contributed by atoms with Gasteiger partial charge < -0.3 is 10.6 Å². The number of hydrogen-bond acceptors (Lipinski definition) is 3. The quantitative estimate of drug-likeness (QED) is 0.783. The Morgan fingerprint density at radius 3 is 2.95 bits per heavy atom. The minimum Gasteiger partial charge on any atom is -0.399 e.